The molecular weight excluding hydrogens is 330 g/mol. The number of aryl methyl sites for hydroxylation is 1. The molecule has 0 saturated carbocycles. The first-order valence-corrected chi connectivity index (χ1v) is 9.45. The first-order chi connectivity index (χ1) is 12.5. The first kappa shape index (κ1) is 17.1. The topological polar surface area (TPSA) is 64.4 Å². The largest absolute Gasteiger partial charge is 0.484 e. The maximum Gasteiger partial charge on any atom is 0.261 e. The Labute approximate surface area is 152 Å². The van der Waals surface area contributed by atoms with E-state index in [9.17, 15) is 9.59 Å². The lowest BCUT2D eigenvalue weighted by Gasteiger charge is -2.34. The Morgan fingerprint density at radius 2 is 2.04 bits per heavy atom. The van der Waals surface area contributed by atoms with E-state index in [2.05, 4.69) is 18.8 Å². The quantitative estimate of drug-likeness (QED) is 0.847. The number of nitrogens with zero attached hydrogens (tertiary/aromatic N) is 3. The van der Waals surface area contributed by atoms with Crippen LogP contribution in [0.25, 0.3) is 10.9 Å². The molecule has 0 aliphatic carbocycles. The second-order valence-electron chi connectivity index (χ2n) is 7.80. The van der Waals surface area contributed by atoms with Crippen LogP contribution in [-0.2, 0) is 17.8 Å². The molecule has 1 saturated heterocycles. The molecule has 138 valence electrons. The number of piperidine rings is 1. The first-order valence-electron chi connectivity index (χ1n) is 9.45. The van der Waals surface area contributed by atoms with E-state index in [-0.39, 0.29) is 18.1 Å². The molecule has 4 rings (SSSR count). The Kier molecular flexibility index (Phi) is 4.42. The lowest BCUT2D eigenvalue weighted by Crippen LogP contribution is -2.44. The molecule has 1 aromatic carbocycles. The average molecular weight is 355 g/mol. The van der Waals surface area contributed by atoms with Gasteiger partial charge in [0, 0.05) is 26.1 Å². The van der Waals surface area contributed by atoms with Crippen LogP contribution in [0.4, 0.5) is 0 Å². The van der Waals surface area contributed by atoms with Crippen LogP contribution in [0.5, 0.6) is 5.75 Å². The summed E-state index contributed by atoms with van der Waals surface area (Å²) in [5.41, 5.74) is 0.679. The lowest BCUT2D eigenvalue weighted by atomic mass is 9.92. The number of carbonyl (C=O) groups is 1. The van der Waals surface area contributed by atoms with Crippen molar-refractivity contribution in [2.45, 2.75) is 39.7 Å². The molecule has 0 N–H and O–H groups in total. The number of hydrogen-bond acceptors (Lipinski definition) is 4. The molecule has 1 aromatic heterocycles. The van der Waals surface area contributed by atoms with E-state index in [4.69, 9.17) is 4.74 Å². The normalized spacial score (nSPS) is 22.5. The second kappa shape index (κ2) is 6.74. The maximum absolute atomic E-state index is 12.6. The summed E-state index contributed by atoms with van der Waals surface area (Å²) >= 11 is 0. The molecule has 0 spiro atoms. The van der Waals surface area contributed by atoms with Gasteiger partial charge in [-0.3, -0.25) is 14.2 Å². The fourth-order valence-electron chi connectivity index (χ4n) is 4.26. The van der Waals surface area contributed by atoms with Crippen molar-refractivity contribution >= 4 is 16.8 Å². The number of likely N-dealkylation sites (tertiary alicyclic amines) is 1. The summed E-state index contributed by atoms with van der Waals surface area (Å²) in [7, 11) is 0. The van der Waals surface area contributed by atoms with Gasteiger partial charge in [0.15, 0.2) is 6.61 Å². The van der Waals surface area contributed by atoms with E-state index in [1.165, 1.54) is 0 Å². The fourth-order valence-corrected chi connectivity index (χ4v) is 4.26. The van der Waals surface area contributed by atoms with Gasteiger partial charge in [0.2, 0.25) is 0 Å². The second-order valence-corrected chi connectivity index (χ2v) is 7.80. The summed E-state index contributed by atoms with van der Waals surface area (Å²) in [6.07, 6.45) is 2.98. The summed E-state index contributed by atoms with van der Waals surface area (Å²) in [4.78, 5) is 31.6. The van der Waals surface area contributed by atoms with Crippen LogP contribution >= 0.6 is 0 Å². The van der Waals surface area contributed by atoms with E-state index in [0.29, 0.717) is 28.5 Å². The highest BCUT2D eigenvalue weighted by Gasteiger charge is 2.25. The minimum atomic E-state index is -0.0158. The molecule has 6 nitrogen and oxygen atoms in total. The monoisotopic (exact) mass is 355 g/mol. The molecule has 2 aromatic rings. The van der Waals surface area contributed by atoms with E-state index in [1.807, 2.05) is 4.90 Å². The van der Waals surface area contributed by atoms with Gasteiger partial charge in [-0.05, 0) is 42.9 Å². The Morgan fingerprint density at radius 3 is 2.81 bits per heavy atom. The molecule has 0 bridgehead atoms. The molecule has 0 unspecified atom stereocenters. The number of ether oxygens (including phenoxy) is 1. The summed E-state index contributed by atoms with van der Waals surface area (Å²) in [6, 6.07) is 5.31. The van der Waals surface area contributed by atoms with E-state index in [1.54, 1.807) is 22.8 Å². The maximum atomic E-state index is 12.6. The lowest BCUT2D eigenvalue weighted by molar-refractivity contribution is -0.136. The zero-order valence-corrected chi connectivity index (χ0v) is 15.4. The van der Waals surface area contributed by atoms with Crippen molar-refractivity contribution in [3.63, 3.8) is 0 Å². The van der Waals surface area contributed by atoms with Crippen LogP contribution < -0.4 is 10.3 Å². The number of hydrogen-bond donors (Lipinski definition) is 0. The average Bonchev–Trinajstić information content (AvgIpc) is 3.08. The molecule has 2 atom stereocenters. The number of benzene rings is 1. The number of amides is 1. The van der Waals surface area contributed by atoms with Crippen LogP contribution in [0.2, 0.25) is 0 Å². The van der Waals surface area contributed by atoms with Crippen molar-refractivity contribution in [1.82, 2.24) is 14.5 Å². The zero-order chi connectivity index (χ0) is 18.3. The van der Waals surface area contributed by atoms with Crippen LogP contribution in [0, 0.1) is 11.8 Å². The van der Waals surface area contributed by atoms with Crippen LogP contribution in [0.3, 0.4) is 0 Å². The Morgan fingerprint density at radius 1 is 1.27 bits per heavy atom. The highest BCUT2D eigenvalue weighted by Crippen LogP contribution is 2.22. The van der Waals surface area contributed by atoms with Crippen LogP contribution in [-0.4, -0.2) is 40.1 Å². The standard InChI is InChI=1S/C20H25N3O3/c1-13-8-14(2)11-22(10-13)19(24)12-26-15-5-6-17-16(9-15)20(25)23-7-3-4-18(23)21-17/h5-6,9,13-14H,3-4,7-8,10-12H2,1-2H3/t13-,14-/m1/s1. The fraction of sp³-hybridized carbons (Fsp3) is 0.550. The number of aromatic nitrogens is 2. The highest BCUT2D eigenvalue weighted by atomic mass is 16.5. The van der Waals surface area contributed by atoms with E-state index in [0.717, 1.165) is 44.7 Å². The zero-order valence-electron chi connectivity index (χ0n) is 15.4. The molecule has 1 amide bonds. The molecule has 2 aliphatic rings. The predicted molar refractivity (Wildman–Crippen MR) is 99.3 cm³/mol. The van der Waals surface area contributed by atoms with Crippen molar-refractivity contribution < 1.29 is 9.53 Å². The van der Waals surface area contributed by atoms with Crippen molar-refractivity contribution in [2.24, 2.45) is 11.8 Å². The molecule has 0 radical (unpaired) electrons. The molecule has 1 fully saturated rings. The molecular formula is C20H25N3O3. The van der Waals surface area contributed by atoms with Crippen LogP contribution in [0.15, 0.2) is 23.0 Å². The summed E-state index contributed by atoms with van der Waals surface area (Å²) in [6.45, 7) is 6.68. The summed E-state index contributed by atoms with van der Waals surface area (Å²) in [5.74, 6) is 2.46. The molecule has 26 heavy (non-hydrogen) atoms. The summed E-state index contributed by atoms with van der Waals surface area (Å²) < 4.78 is 7.45. The number of rotatable bonds is 3. The van der Waals surface area contributed by atoms with Gasteiger partial charge in [-0.15, -0.1) is 0 Å². The Balaban J connectivity index is 1.49. The van der Waals surface area contributed by atoms with Gasteiger partial charge in [0.25, 0.3) is 11.5 Å². The van der Waals surface area contributed by atoms with Crippen molar-refractivity contribution in [1.29, 1.82) is 0 Å². The Bertz CT molecular complexity index is 895. The third-order valence-electron chi connectivity index (χ3n) is 5.37. The molecule has 3 heterocycles. The van der Waals surface area contributed by atoms with Crippen LogP contribution in [0.1, 0.15) is 32.5 Å². The number of carbonyl (C=O) groups excluding carboxylic acids is 1. The van der Waals surface area contributed by atoms with Gasteiger partial charge in [-0.1, -0.05) is 13.8 Å². The van der Waals surface area contributed by atoms with Gasteiger partial charge in [0.05, 0.1) is 10.9 Å². The number of fused-ring (bicyclic) bond motifs is 2. The summed E-state index contributed by atoms with van der Waals surface area (Å²) in [5, 5.41) is 0.556. The SMILES string of the molecule is C[C@@H]1C[C@@H](C)CN(C(=O)COc2ccc3nc4n(c(=O)c3c2)CCC4)C1. The van der Waals surface area contributed by atoms with Gasteiger partial charge in [0.1, 0.15) is 11.6 Å². The van der Waals surface area contributed by atoms with Crippen molar-refractivity contribution in [3.05, 3.63) is 34.4 Å². The minimum Gasteiger partial charge on any atom is -0.484 e. The van der Waals surface area contributed by atoms with Crippen molar-refractivity contribution in [2.75, 3.05) is 19.7 Å². The minimum absolute atomic E-state index is 0.00461. The third-order valence-corrected chi connectivity index (χ3v) is 5.37. The smallest absolute Gasteiger partial charge is 0.261 e. The highest BCUT2D eigenvalue weighted by molar-refractivity contribution is 5.80. The third kappa shape index (κ3) is 3.20. The van der Waals surface area contributed by atoms with Gasteiger partial charge in [-0.25, -0.2) is 4.98 Å². The molecule has 6 heteroatoms. The molecule has 2 aliphatic heterocycles. The van der Waals surface area contributed by atoms with Gasteiger partial charge >= 0.3 is 0 Å². The predicted octanol–water partition coefficient (Wildman–Crippen LogP) is 2.23. The van der Waals surface area contributed by atoms with Gasteiger partial charge < -0.3 is 9.64 Å². The van der Waals surface area contributed by atoms with Gasteiger partial charge in [-0.2, -0.15) is 0 Å². The Hall–Kier alpha value is -2.37. The van der Waals surface area contributed by atoms with Crippen molar-refractivity contribution in [3.8, 4) is 5.75 Å². The van der Waals surface area contributed by atoms with E-state index < -0.39 is 0 Å². The van der Waals surface area contributed by atoms with E-state index >= 15 is 0 Å².